The van der Waals surface area contributed by atoms with E-state index < -0.39 is 96.6 Å². The molecule has 0 unspecified atom stereocenters. The number of carbonyl (C=O) groups excluding carboxylic acids is 6. The largest absolute Gasteiger partial charge is 0.508 e. The van der Waals surface area contributed by atoms with Gasteiger partial charge in [0.1, 0.15) is 42.6 Å². The number of rotatable bonds is 26. The van der Waals surface area contributed by atoms with Gasteiger partial charge in [-0.05, 0) is 74.2 Å². The number of nitrogens with one attached hydrogen (secondary N) is 5. The van der Waals surface area contributed by atoms with Crippen molar-refractivity contribution in [2.45, 2.75) is 109 Å². The molecule has 5 amide bonds. The van der Waals surface area contributed by atoms with Crippen LogP contribution < -0.4 is 43.8 Å². The van der Waals surface area contributed by atoms with Gasteiger partial charge in [-0.1, -0.05) is 56.3 Å². The lowest BCUT2D eigenvalue weighted by Gasteiger charge is -2.28. The highest BCUT2D eigenvalue weighted by Crippen LogP contribution is 2.14. The number of aromatic hydroxyl groups is 1. The number of phenolic OH excluding ortho intramolecular Hbond substituents is 1. The molecular formula is C42H63N9O13. The van der Waals surface area contributed by atoms with E-state index in [1.54, 1.807) is 56.3 Å². The van der Waals surface area contributed by atoms with Crippen LogP contribution in [0, 0.1) is 5.92 Å². The van der Waals surface area contributed by atoms with E-state index in [0.717, 1.165) is 14.0 Å². The summed E-state index contributed by atoms with van der Waals surface area (Å²) in [6.45, 7) is 4.66. The molecule has 2 rings (SSSR count). The highest BCUT2D eigenvalue weighted by Gasteiger charge is 2.34. The molecular weight excluding hydrogens is 839 g/mol. The minimum absolute atomic E-state index is 0.000417. The predicted molar refractivity (Wildman–Crippen MR) is 233 cm³/mol. The Morgan fingerprint density at radius 1 is 0.688 bits per heavy atom. The molecule has 2 aromatic rings. The average Bonchev–Trinajstić information content (AvgIpc) is 3.24. The van der Waals surface area contributed by atoms with Gasteiger partial charge in [0, 0.05) is 26.3 Å². The van der Waals surface area contributed by atoms with E-state index in [9.17, 15) is 43.8 Å². The molecule has 0 aromatic heterocycles. The number of amides is 5. The lowest BCUT2D eigenvalue weighted by Crippen LogP contribution is -2.60. The second-order valence-electron chi connectivity index (χ2n) is 14.8. The smallest absolute Gasteiger partial charge is 0.408 e. The number of methoxy groups -OCH3 is 1. The first-order chi connectivity index (χ1) is 30.3. The van der Waals surface area contributed by atoms with E-state index in [0.29, 0.717) is 30.5 Å². The number of nitrogens with two attached hydrogens (primary N) is 3. The molecule has 0 aliphatic rings. The van der Waals surface area contributed by atoms with Gasteiger partial charge in [0.05, 0.1) is 7.11 Å². The van der Waals surface area contributed by atoms with Crippen molar-refractivity contribution in [3.8, 4) is 5.75 Å². The normalized spacial score (nSPS) is 12.8. The molecule has 14 N–H and O–H groups in total. The molecule has 354 valence electrons. The fraction of sp³-hybridized carbons (Fsp3) is 0.500. The second kappa shape index (κ2) is 30.1. The Balaban J connectivity index is 0.00000490. The number of carbonyl (C=O) groups is 8. The number of benzene rings is 2. The molecule has 0 heterocycles. The third-order valence-corrected chi connectivity index (χ3v) is 9.05. The molecule has 0 aliphatic heterocycles. The van der Waals surface area contributed by atoms with Gasteiger partial charge in [0.15, 0.2) is 5.96 Å². The number of nitrogens with zero attached hydrogens (tertiary/aromatic N) is 1. The number of phenols is 1. The van der Waals surface area contributed by atoms with Gasteiger partial charge in [-0.3, -0.25) is 33.8 Å². The Morgan fingerprint density at radius 3 is 1.75 bits per heavy atom. The van der Waals surface area contributed by atoms with Crippen LogP contribution in [-0.4, -0.2) is 119 Å². The molecule has 22 heteroatoms. The fourth-order valence-corrected chi connectivity index (χ4v) is 5.78. The number of esters is 1. The Kier molecular flexibility index (Phi) is 25.9. The molecule has 0 aliphatic carbocycles. The summed E-state index contributed by atoms with van der Waals surface area (Å²) in [4.78, 5) is 105. The van der Waals surface area contributed by atoms with Gasteiger partial charge in [-0.15, -0.1) is 0 Å². The maximum atomic E-state index is 13.9. The summed E-state index contributed by atoms with van der Waals surface area (Å²) in [6, 6.07) is 8.35. The number of hydrogen-bond acceptors (Lipinski definition) is 13. The summed E-state index contributed by atoms with van der Waals surface area (Å²) in [7, 11) is 1.14. The highest BCUT2D eigenvalue weighted by molar-refractivity contribution is 5.96. The number of ether oxygens (including phenoxy) is 2. The Bertz CT molecular complexity index is 1840. The molecule has 0 radical (unpaired) electrons. The van der Waals surface area contributed by atoms with E-state index >= 15 is 0 Å². The van der Waals surface area contributed by atoms with Crippen LogP contribution in [0.15, 0.2) is 59.6 Å². The Hall–Kier alpha value is -6.97. The van der Waals surface area contributed by atoms with Crippen LogP contribution >= 0.6 is 0 Å². The van der Waals surface area contributed by atoms with Gasteiger partial charge >= 0.3 is 18.0 Å². The number of carboxylic acids is 2. The van der Waals surface area contributed by atoms with Gasteiger partial charge in [-0.25, -0.2) is 9.59 Å². The van der Waals surface area contributed by atoms with Crippen LogP contribution in [0.25, 0.3) is 0 Å². The number of aliphatic carboxylic acids is 2. The molecule has 2 aromatic carbocycles. The lowest BCUT2D eigenvalue weighted by atomic mass is 10.00. The van der Waals surface area contributed by atoms with Gasteiger partial charge in [0.25, 0.3) is 5.97 Å². The third-order valence-electron chi connectivity index (χ3n) is 9.05. The van der Waals surface area contributed by atoms with E-state index in [1.807, 2.05) is 0 Å². The van der Waals surface area contributed by atoms with E-state index in [4.69, 9.17) is 36.6 Å². The summed E-state index contributed by atoms with van der Waals surface area (Å²) in [5.74, 6) is -6.96. The number of carboxylic acid groups (broad SMARTS) is 2. The molecule has 0 spiro atoms. The van der Waals surface area contributed by atoms with Crippen LogP contribution in [-0.2, 0) is 56.1 Å². The summed E-state index contributed by atoms with van der Waals surface area (Å²) in [6.07, 6.45) is -0.630. The summed E-state index contributed by atoms with van der Waals surface area (Å²) in [5, 5.41) is 39.4. The quantitative estimate of drug-likeness (QED) is 0.0259. The minimum Gasteiger partial charge on any atom is -0.508 e. The van der Waals surface area contributed by atoms with E-state index in [2.05, 4.69) is 31.6 Å². The van der Waals surface area contributed by atoms with Crippen molar-refractivity contribution in [2.75, 3.05) is 20.2 Å². The van der Waals surface area contributed by atoms with Crippen molar-refractivity contribution >= 4 is 53.6 Å². The predicted octanol–water partition coefficient (Wildman–Crippen LogP) is 0.136. The number of guanidine groups is 1. The van der Waals surface area contributed by atoms with Crippen LogP contribution in [0.3, 0.4) is 0 Å². The molecule has 0 saturated heterocycles. The van der Waals surface area contributed by atoms with Crippen LogP contribution in [0.4, 0.5) is 4.79 Å². The second-order valence-corrected chi connectivity index (χ2v) is 14.8. The molecule has 22 nitrogen and oxygen atoms in total. The number of aliphatic imine (C=N–C) groups is 1. The van der Waals surface area contributed by atoms with E-state index in [1.165, 1.54) is 12.1 Å². The first-order valence-electron chi connectivity index (χ1n) is 20.5. The molecule has 5 atom stereocenters. The van der Waals surface area contributed by atoms with Crippen molar-refractivity contribution < 1.29 is 63.1 Å². The first-order valence-corrected chi connectivity index (χ1v) is 20.5. The van der Waals surface area contributed by atoms with Crippen LogP contribution in [0.5, 0.6) is 5.75 Å². The zero-order chi connectivity index (χ0) is 48.2. The zero-order valence-corrected chi connectivity index (χ0v) is 36.5. The van der Waals surface area contributed by atoms with Crippen molar-refractivity contribution in [3.05, 3.63) is 65.7 Å². The number of alkyl carbamates (subject to hydrolysis) is 1. The number of hydrogen-bond donors (Lipinski definition) is 11. The van der Waals surface area contributed by atoms with Crippen molar-refractivity contribution in [3.63, 3.8) is 0 Å². The standard InChI is InChI=1S/C40H59N9O11.C2H4O2/c1-24(2)33(37(56)47-31(38(57)59-3)22-25-14-16-27(50)17-15-25)49-36(55)30(18-19-32(51)52)46-34(53)28(13-9-21-44-39(42)43)45-35(54)29(12-7-8-20-41)48-40(58)60-23-26-10-5-4-6-11-26;1-2(3)4/h4-6,10-11,14-17,24,28-31,33,50H,7-9,12-13,18-23,41H2,1-3H3,(H,45,54)(H,46,53)(H,47,56)(H,48,58)(H,49,55)(H,51,52)(H4,42,43,44);1H3,(H,3,4)/t28-,29+,30-,31-,33-;/m0./s1. The third kappa shape index (κ3) is 23.3. The van der Waals surface area contributed by atoms with Crippen molar-refractivity contribution in [1.29, 1.82) is 0 Å². The van der Waals surface area contributed by atoms with Crippen LogP contribution in [0.1, 0.15) is 76.8 Å². The number of unbranched alkanes of at least 4 members (excludes halogenated alkanes) is 1. The maximum Gasteiger partial charge on any atom is 0.408 e. The Morgan fingerprint density at radius 2 is 1.22 bits per heavy atom. The first kappa shape index (κ1) is 55.0. The molecule has 64 heavy (non-hydrogen) atoms. The lowest BCUT2D eigenvalue weighted by molar-refractivity contribution is -0.145. The summed E-state index contributed by atoms with van der Waals surface area (Å²) >= 11 is 0. The molecule has 0 fully saturated rings. The van der Waals surface area contributed by atoms with Crippen molar-refractivity contribution in [2.24, 2.45) is 28.1 Å². The monoisotopic (exact) mass is 901 g/mol. The summed E-state index contributed by atoms with van der Waals surface area (Å²) in [5.41, 5.74) is 17.9. The molecule has 0 saturated carbocycles. The van der Waals surface area contributed by atoms with Crippen molar-refractivity contribution in [1.82, 2.24) is 26.6 Å². The van der Waals surface area contributed by atoms with Gasteiger partial charge < -0.3 is 68.6 Å². The summed E-state index contributed by atoms with van der Waals surface area (Å²) < 4.78 is 10.2. The van der Waals surface area contributed by atoms with Crippen LogP contribution in [0.2, 0.25) is 0 Å². The minimum atomic E-state index is -1.51. The van der Waals surface area contributed by atoms with E-state index in [-0.39, 0.29) is 50.5 Å². The highest BCUT2D eigenvalue weighted by atomic mass is 16.5. The molecule has 0 bridgehead atoms. The zero-order valence-electron chi connectivity index (χ0n) is 36.5. The SMILES string of the molecule is CC(=O)O.COC(=O)[C@H](Cc1ccc(O)cc1)NC(=O)[C@@H](NC(=O)[C@H](CCC(=O)O)NC(=O)[C@H](CCCN=C(N)N)NC(=O)[C@@H](CCCCN)NC(=O)OCc1ccccc1)C(C)C. The fourth-order valence-electron chi connectivity index (χ4n) is 5.78. The topological polar surface area (TPSA) is 366 Å². The van der Waals surface area contributed by atoms with Gasteiger partial charge in [-0.2, -0.15) is 0 Å². The Labute approximate surface area is 371 Å². The van der Waals surface area contributed by atoms with Gasteiger partial charge in [0.2, 0.25) is 23.6 Å². The maximum absolute atomic E-state index is 13.9. The average molecular weight is 902 g/mol.